The summed E-state index contributed by atoms with van der Waals surface area (Å²) in [6.07, 6.45) is 0. The van der Waals surface area contributed by atoms with Crippen molar-refractivity contribution >= 4 is 29.1 Å². The maximum absolute atomic E-state index is 12.0. The lowest BCUT2D eigenvalue weighted by Gasteiger charge is -2.44. The first-order chi connectivity index (χ1) is 7.41. The van der Waals surface area contributed by atoms with Crippen LogP contribution in [-0.2, 0) is 0 Å². The molecular weight excluding hydrogens is 249 g/mol. The van der Waals surface area contributed by atoms with Crippen LogP contribution in [0.25, 0.3) is 0 Å². The molecule has 1 fully saturated rings. The monoisotopic (exact) mass is 259 g/mol. The molecule has 0 radical (unpaired) electrons. The molecule has 1 aromatic carbocycles. The molecule has 2 rings (SSSR count). The summed E-state index contributed by atoms with van der Waals surface area (Å²) >= 11 is 11.9. The summed E-state index contributed by atoms with van der Waals surface area (Å²) in [7, 11) is 0. The number of halogens is 2. The first-order valence-electron chi connectivity index (χ1n) is 4.86. The number of carbonyl (C=O) groups excluding carboxylic acids is 1. The van der Waals surface area contributed by atoms with Crippen molar-refractivity contribution in [3.63, 3.8) is 0 Å². The molecule has 0 unspecified atom stereocenters. The highest BCUT2D eigenvalue weighted by Crippen LogP contribution is 2.29. The van der Waals surface area contributed by atoms with Crippen LogP contribution in [0.1, 0.15) is 17.3 Å². The second-order valence-electron chi connectivity index (χ2n) is 4.25. The molecule has 1 heterocycles. The molecule has 1 amide bonds. The molecule has 3 nitrogen and oxygen atoms in total. The molecule has 1 saturated heterocycles. The molecule has 5 heteroatoms. The number of β-amino-alcohol motifs (C(OH)–C–C–N with tert-alkyl or cyclic N) is 1. The van der Waals surface area contributed by atoms with E-state index < -0.39 is 5.60 Å². The minimum atomic E-state index is -0.788. The molecule has 1 aliphatic rings. The van der Waals surface area contributed by atoms with Gasteiger partial charge >= 0.3 is 0 Å². The summed E-state index contributed by atoms with van der Waals surface area (Å²) in [5.41, 5.74) is -0.482. The number of carbonyl (C=O) groups is 1. The second-order valence-corrected chi connectivity index (χ2v) is 5.07. The van der Waals surface area contributed by atoms with Crippen molar-refractivity contribution in [3.05, 3.63) is 33.8 Å². The van der Waals surface area contributed by atoms with E-state index >= 15 is 0 Å². The number of hydrogen-bond acceptors (Lipinski definition) is 2. The van der Waals surface area contributed by atoms with E-state index in [1.165, 1.54) is 4.90 Å². The van der Waals surface area contributed by atoms with Crippen LogP contribution in [0, 0.1) is 0 Å². The van der Waals surface area contributed by atoms with Crippen molar-refractivity contribution in [1.29, 1.82) is 0 Å². The van der Waals surface area contributed by atoms with Crippen LogP contribution in [0.15, 0.2) is 18.2 Å². The van der Waals surface area contributed by atoms with E-state index in [-0.39, 0.29) is 5.91 Å². The van der Waals surface area contributed by atoms with E-state index in [1.54, 1.807) is 25.1 Å². The van der Waals surface area contributed by atoms with Crippen molar-refractivity contribution < 1.29 is 9.90 Å². The SMILES string of the molecule is CC1(O)CN(C(=O)c2c(Cl)cccc2Cl)C1. The van der Waals surface area contributed by atoms with E-state index in [9.17, 15) is 9.90 Å². The Morgan fingerprint density at radius 2 is 1.88 bits per heavy atom. The number of hydrogen-bond donors (Lipinski definition) is 1. The van der Waals surface area contributed by atoms with Gasteiger partial charge in [-0.15, -0.1) is 0 Å². The molecule has 86 valence electrons. The number of rotatable bonds is 1. The standard InChI is InChI=1S/C11H11Cl2NO2/c1-11(16)5-14(6-11)10(15)9-7(12)3-2-4-8(9)13/h2-4,16H,5-6H2,1H3. The Kier molecular flexibility index (Phi) is 2.86. The van der Waals surface area contributed by atoms with Gasteiger partial charge in [0.1, 0.15) is 0 Å². The summed E-state index contributed by atoms with van der Waals surface area (Å²) < 4.78 is 0. The largest absolute Gasteiger partial charge is 0.386 e. The van der Waals surface area contributed by atoms with Crippen LogP contribution in [0.5, 0.6) is 0 Å². The zero-order chi connectivity index (χ0) is 11.9. The van der Waals surface area contributed by atoms with E-state index in [0.29, 0.717) is 28.7 Å². The second kappa shape index (κ2) is 3.91. The summed E-state index contributed by atoms with van der Waals surface area (Å²) in [6, 6.07) is 4.94. The molecule has 1 aliphatic heterocycles. The van der Waals surface area contributed by atoms with Gasteiger partial charge in [0.2, 0.25) is 0 Å². The molecule has 0 saturated carbocycles. The fraction of sp³-hybridized carbons (Fsp3) is 0.364. The van der Waals surface area contributed by atoms with Gasteiger partial charge in [-0.1, -0.05) is 29.3 Å². The average Bonchev–Trinajstić information content (AvgIpc) is 2.13. The molecular formula is C11H11Cl2NO2. The minimum Gasteiger partial charge on any atom is -0.386 e. The van der Waals surface area contributed by atoms with Gasteiger partial charge in [0.15, 0.2) is 0 Å². The number of aliphatic hydroxyl groups is 1. The Hall–Kier alpha value is -0.770. The molecule has 0 aliphatic carbocycles. The van der Waals surface area contributed by atoms with Crippen molar-refractivity contribution in [2.75, 3.05) is 13.1 Å². The number of nitrogens with zero attached hydrogens (tertiary/aromatic N) is 1. The quantitative estimate of drug-likeness (QED) is 0.840. The van der Waals surface area contributed by atoms with Gasteiger partial charge in [-0.05, 0) is 19.1 Å². The van der Waals surface area contributed by atoms with E-state index in [2.05, 4.69) is 0 Å². The molecule has 16 heavy (non-hydrogen) atoms. The van der Waals surface area contributed by atoms with Crippen LogP contribution in [0.4, 0.5) is 0 Å². The Bertz CT molecular complexity index is 417. The van der Waals surface area contributed by atoms with Crippen molar-refractivity contribution in [3.8, 4) is 0 Å². The van der Waals surface area contributed by atoms with Gasteiger partial charge < -0.3 is 10.0 Å². The number of benzene rings is 1. The molecule has 0 spiro atoms. The first kappa shape index (κ1) is 11.7. The highest BCUT2D eigenvalue weighted by Gasteiger charge is 2.40. The summed E-state index contributed by atoms with van der Waals surface area (Å²) in [5.74, 6) is -0.234. The van der Waals surface area contributed by atoms with Crippen LogP contribution >= 0.6 is 23.2 Å². The fourth-order valence-electron chi connectivity index (χ4n) is 1.78. The van der Waals surface area contributed by atoms with Crippen molar-refractivity contribution in [2.24, 2.45) is 0 Å². The summed E-state index contributed by atoms with van der Waals surface area (Å²) in [5, 5.41) is 10.2. The van der Waals surface area contributed by atoms with Crippen molar-refractivity contribution in [2.45, 2.75) is 12.5 Å². The zero-order valence-corrected chi connectivity index (χ0v) is 10.2. The van der Waals surface area contributed by atoms with Crippen LogP contribution in [0.2, 0.25) is 10.0 Å². The Morgan fingerprint density at radius 3 is 2.31 bits per heavy atom. The number of amides is 1. The van der Waals surface area contributed by atoms with Gasteiger partial charge in [-0.25, -0.2) is 0 Å². The molecule has 0 bridgehead atoms. The van der Waals surface area contributed by atoms with E-state index in [4.69, 9.17) is 23.2 Å². The van der Waals surface area contributed by atoms with Crippen LogP contribution in [-0.4, -0.2) is 34.6 Å². The average molecular weight is 260 g/mol. The predicted octanol–water partition coefficient (Wildman–Crippen LogP) is 2.20. The third kappa shape index (κ3) is 2.03. The predicted molar refractivity (Wildman–Crippen MR) is 63.0 cm³/mol. The third-order valence-corrected chi connectivity index (χ3v) is 3.16. The molecule has 1 aromatic rings. The van der Waals surface area contributed by atoms with Gasteiger partial charge in [-0.2, -0.15) is 0 Å². The molecule has 0 atom stereocenters. The lowest BCUT2D eigenvalue weighted by atomic mass is 9.96. The summed E-state index contributed by atoms with van der Waals surface area (Å²) in [4.78, 5) is 13.5. The number of likely N-dealkylation sites (tertiary alicyclic amines) is 1. The van der Waals surface area contributed by atoms with Gasteiger partial charge in [0, 0.05) is 0 Å². The third-order valence-electron chi connectivity index (χ3n) is 2.53. The Labute approximate surface area is 104 Å². The van der Waals surface area contributed by atoms with Gasteiger partial charge in [-0.3, -0.25) is 4.79 Å². The Morgan fingerprint density at radius 1 is 1.38 bits per heavy atom. The maximum Gasteiger partial charge on any atom is 0.257 e. The normalized spacial score (nSPS) is 18.1. The summed E-state index contributed by atoms with van der Waals surface area (Å²) in [6.45, 7) is 2.31. The van der Waals surface area contributed by atoms with Gasteiger partial charge in [0.25, 0.3) is 5.91 Å². The van der Waals surface area contributed by atoms with Crippen LogP contribution < -0.4 is 0 Å². The maximum atomic E-state index is 12.0. The Balaban J connectivity index is 2.23. The molecule has 1 N–H and O–H groups in total. The topological polar surface area (TPSA) is 40.5 Å². The van der Waals surface area contributed by atoms with Crippen LogP contribution in [0.3, 0.4) is 0 Å². The zero-order valence-electron chi connectivity index (χ0n) is 8.70. The highest BCUT2D eigenvalue weighted by molar-refractivity contribution is 6.39. The smallest absolute Gasteiger partial charge is 0.257 e. The first-order valence-corrected chi connectivity index (χ1v) is 5.62. The van der Waals surface area contributed by atoms with E-state index in [0.717, 1.165) is 0 Å². The van der Waals surface area contributed by atoms with E-state index in [1.807, 2.05) is 0 Å². The minimum absolute atomic E-state index is 0.234. The lowest BCUT2D eigenvalue weighted by Crippen LogP contribution is -2.61. The van der Waals surface area contributed by atoms with Crippen molar-refractivity contribution in [1.82, 2.24) is 4.90 Å². The lowest BCUT2D eigenvalue weighted by molar-refractivity contribution is -0.0668. The molecule has 0 aromatic heterocycles. The fourth-order valence-corrected chi connectivity index (χ4v) is 2.34. The van der Waals surface area contributed by atoms with Gasteiger partial charge in [0.05, 0.1) is 34.3 Å². The highest BCUT2D eigenvalue weighted by atomic mass is 35.5.